The number of ether oxygens (including phenoxy) is 1. The molecule has 142 valence electrons. The van der Waals surface area contributed by atoms with Crippen molar-refractivity contribution in [3.8, 4) is 11.5 Å². The van der Waals surface area contributed by atoms with Crippen LogP contribution < -0.4 is 15.0 Å². The molecule has 1 amide bonds. The quantitative estimate of drug-likeness (QED) is 0.727. The molecule has 6 nitrogen and oxygen atoms in total. The summed E-state index contributed by atoms with van der Waals surface area (Å²) in [6.45, 7) is 1.50. The fraction of sp³-hybridized carbons (Fsp3) is 0.227. The summed E-state index contributed by atoms with van der Waals surface area (Å²) in [5.41, 5.74) is 0.762. The van der Waals surface area contributed by atoms with Crippen LogP contribution in [0, 0.1) is 5.92 Å². The van der Waals surface area contributed by atoms with E-state index in [9.17, 15) is 4.79 Å². The molecule has 2 aromatic carbocycles. The van der Waals surface area contributed by atoms with E-state index in [4.69, 9.17) is 4.74 Å². The fourth-order valence-electron chi connectivity index (χ4n) is 3.30. The molecule has 1 aliphatic heterocycles. The van der Waals surface area contributed by atoms with E-state index in [0.717, 1.165) is 36.6 Å². The number of hydrogen-bond acceptors (Lipinski definition) is 5. The maximum atomic E-state index is 12.7. The molecular formula is C22H22N4O2. The number of piperidine rings is 1. The number of nitrogens with one attached hydrogen (secondary N) is 1. The van der Waals surface area contributed by atoms with E-state index in [1.807, 2.05) is 54.6 Å². The van der Waals surface area contributed by atoms with Crippen LogP contribution in [0.25, 0.3) is 0 Å². The van der Waals surface area contributed by atoms with Gasteiger partial charge in [-0.2, -0.15) is 0 Å². The van der Waals surface area contributed by atoms with E-state index in [1.54, 1.807) is 18.5 Å². The van der Waals surface area contributed by atoms with E-state index in [0.29, 0.717) is 12.5 Å². The Hall–Kier alpha value is -3.41. The second-order valence-corrected chi connectivity index (χ2v) is 6.76. The average Bonchev–Trinajstić information content (AvgIpc) is 2.76. The summed E-state index contributed by atoms with van der Waals surface area (Å²) < 4.78 is 5.78. The van der Waals surface area contributed by atoms with E-state index in [-0.39, 0.29) is 11.8 Å². The Kier molecular flexibility index (Phi) is 5.47. The van der Waals surface area contributed by atoms with Gasteiger partial charge in [-0.3, -0.25) is 4.79 Å². The van der Waals surface area contributed by atoms with Crippen LogP contribution in [0.4, 0.5) is 11.6 Å². The lowest BCUT2D eigenvalue weighted by molar-refractivity contribution is -0.120. The second-order valence-electron chi connectivity index (χ2n) is 6.76. The zero-order valence-corrected chi connectivity index (χ0v) is 15.5. The highest BCUT2D eigenvalue weighted by molar-refractivity contribution is 5.93. The molecule has 1 N–H and O–H groups in total. The summed E-state index contributed by atoms with van der Waals surface area (Å²) >= 11 is 0. The number of carbonyl (C=O) groups excluding carboxylic acids is 1. The molecule has 28 heavy (non-hydrogen) atoms. The smallest absolute Gasteiger partial charge is 0.229 e. The van der Waals surface area contributed by atoms with Gasteiger partial charge in [0.1, 0.15) is 11.5 Å². The van der Waals surface area contributed by atoms with E-state index < -0.39 is 0 Å². The first-order chi connectivity index (χ1) is 13.8. The molecule has 0 aliphatic carbocycles. The molecule has 1 saturated heterocycles. The fourth-order valence-corrected chi connectivity index (χ4v) is 3.30. The van der Waals surface area contributed by atoms with Crippen molar-refractivity contribution < 1.29 is 9.53 Å². The predicted molar refractivity (Wildman–Crippen MR) is 109 cm³/mol. The van der Waals surface area contributed by atoms with Crippen LogP contribution in [-0.2, 0) is 4.79 Å². The Bertz CT molecular complexity index is 901. The van der Waals surface area contributed by atoms with Crippen molar-refractivity contribution in [3.05, 3.63) is 73.1 Å². The van der Waals surface area contributed by atoms with Crippen molar-refractivity contribution in [2.24, 2.45) is 5.92 Å². The number of anilines is 2. The number of para-hydroxylation sites is 1. The largest absolute Gasteiger partial charge is 0.457 e. The molecule has 4 rings (SSSR count). The van der Waals surface area contributed by atoms with Gasteiger partial charge in [0.05, 0.1) is 5.92 Å². The Labute approximate surface area is 164 Å². The molecule has 2 heterocycles. The summed E-state index contributed by atoms with van der Waals surface area (Å²) in [6, 6.07) is 18.8. The summed E-state index contributed by atoms with van der Waals surface area (Å²) in [6.07, 6.45) is 5.26. The highest BCUT2D eigenvalue weighted by Gasteiger charge is 2.27. The van der Waals surface area contributed by atoms with Crippen LogP contribution in [0.2, 0.25) is 0 Å². The van der Waals surface area contributed by atoms with Crippen molar-refractivity contribution in [2.45, 2.75) is 12.8 Å². The van der Waals surface area contributed by atoms with Gasteiger partial charge in [-0.25, -0.2) is 9.97 Å². The highest BCUT2D eigenvalue weighted by atomic mass is 16.5. The average molecular weight is 374 g/mol. The molecule has 1 fully saturated rings. The number of rotatable bonds is 5. The van der Waals surface area contributed by atoms with E-state index in [2.05, 4.69) is 20.2 Å². The van der Waals surface area contributed by atoms with Crippen molar-refractivity contribution in [1.29, 1.82) is 0 Å². The van der Waals surface area contributed by atoms with Crippen LogP contribution >= 0.6 is 0 Å². The van der Waals surface area contributed by atoms with Gasteiger partial charge in [0.15, 0.2) is 0 Å². The Morgan fingerprint density at radius 3 is 2.43 bits per heavy atom. The summed E-state index contributed by atoms with van der Waals surface area (Å²) in [5, 5.41) is 3.01. The first-order valence-electron chi connectivity index (χ1n) is 9.44. The molecule has 1 aliphatic rings. The van der Waals surface area contributed by atoms with Gasteiger partial charge >= 0.3 is 0 Å². The number of nitrogens with zero attached hydrogens (tertiary/aromatic N) is 3. The lowest BCUT2D eigenvalue weighted by Crippen LogP contribution is -2.41. The topological polar surface area (TPSA) is 67.3 Å². The van der Waals surface area contributed by atoms with Crippen molar-refractivity contribution in [2.75, 3.05) is 23.3 Å². The third-order valence-corrected chi connectivity index (χ3v) is 4.73. The monoisotopic (exact) mass is 374 g/mol. The highest BCUT2D eigenvalue weighted by Crippen LogP contribution is 2.24. The minimum absolute atomic E-state index is 0.0253. The standard InChI is InChI=1S/C22H22N4O2/c27-21(17-6-4-15-26(16-17)22-23-13-5-14-24-22)25-18-9-11-20(12-10-18)28-19-7-2-1-3-8-19/h1-3,5,7-14,17H,4,6,15-16H2,(H,25,27)/t17-/m0/s1. The van der Waals surface area contributed by atoms with Crippen molar-refractivity contribution in [3.63, 3.8) is 0 Å². The summed E-state index contributed by atoms with van der Waals surface area (Å²) in [4.78, 5) is 23.4. The van der Waals surface area contributed by atoms with Gasteiger partial charge in [0.2, 0.25) is 11.9 Å². The summed E-state index contributed by atoms with van der Waals surface area (Å²) in [7, 11) is 0. The van der Waals surface area contributed by atoms with Crippen molar-refractivity contribution in [1.82, 2.24) is 9.97 Å². The maximum absolute atomic E-state index is 12.7. The minimum Gasteiger partial charge on any atom is -0.457 e. The molecule has 0 bridgehead atoms. The molecule has 6 heteroatoms. The lowest BCUT2D eigenvalue weighted by Gasteiger charge is -2.31. The van der Waals surface area contributed by atoms with E-state index >= 15 is 0 Å². The number of benzene rings is 2. The molecule has 0 radical (unpaired) electrons. The molecular weight excluding hydrogens is 352 g/mol. The first kappa shape index (κ1) is 18.0. The van der Waals surface area contributed by atoms with Gasteiger partial charge in [0, 0.05) is 31.2 Å². The molecule has 0 saturated carbocycles. The van der Waals surface area contributed by atoms with Gasteiger partial charge in [-0.05, 0) is 55.3 Å². The molecule has 1 atom stereocenters. The number of hydrogen-bond donors (Lipinski definition) is 1. The first-order valence-corrected chi connectivity index (χ1v) is 9.44. The van der Waals surface area contributed by atoms with Crippen molar-refractivity contribution >= 4 is 17.5 Å². The van der Waals surface area contributed by atoms with Gasteiger partial charge in [-0.1, -0.05) is 18.2 Å². The SMILES string of the molecule is O=C(Nc1ccc(Oc2ccccc2)cc1)[C@H]1CCCN(c2ncccn2)C1. The van der Waals surface area contributed by atoms with Crippen LogP contribution in [0.3, 0.4) is 0 Å². The Balaban J connectivity index is 1.35. The zero-order chi connectivity index (χ0) is 19.2. The Morgan fingerprint density at radius 1 is 0.964 bits per heavy atom. The third-order valence-electron chi connectivity index (χ3n) is 4.73. The maximum Gasteiger partial charge on any atom is 0.229 e. The minimum atomic E-state index is -0.0854. The van der Waals surface area contributed by atoms with Crippen LogP contribution in [0.1, 0.15) is 12.8 Å². The van der Waals surface area contributed by atoms with Gasteiger partial charge in [0.25, 0.3) is 0 Å². The third kappa shape index (κ3) is 4.46. The molecule has 3 aromatic rings. The number of amides is 1. The second kappa shape index (κ2) is 8.52. The molecule has 1 aromatic heterocycles. The Morgan fingerprint density at radius 2 is 1.68 bits per heavy atom. The zero-order valence-electron chi connectivity index (χ0n) is 15.5. The van der Waals surface area contributed by atoms with Crippen LogP contribution in [0.15, 0.2) is 73.1 Å². The van der Waals surface area contributed by atoms with Gasteiger partial charge in [-0.15, -0.1) is 0 Å². The van der Waals surface area contributed by atoms with Crippen LogP contribution in [0.5, 0.6) is 11.5 Å². The van der Waals surface area contributed by atoms with E-state index in [1.165, 1.54) is 0 Å². The van der Waals surface area contributed by atoms with Crippen LogP contribution in [-0.4, -0.2) is 29.0 Å². The predicted octanol–water partition coefficient (Wildman–Crippen LogP) is 4.12. The summed E-state index contributed by atoms with van der Waals surface area (Å²) in [5.74, 6) is 2.14. The normalized spacial score (nSPS) is 16.4. The number of aromatic nitrogens is 2. The van der Waals surface area contributed by atoms with Gasteiger partial charge < -0.3 is 15.0 Å². The lowest BCUT2D eigenvalue weighted by atomic mass is 9.97. The number of carbonyl (C=O) groups is 1. The molecule has 0 spiro atoms. The molecule has 0 unspecified atom stereocenters.